The van der Waals surface area contributed by atoms with Crippen LogP contribution in [-0.2, 0) is 41.6 Å². The third-order valence-electron chi connectivity index (χ3n) is 5.83. The highest BCUT2D eigenvalue weighted by Crippen LogP contribution is 2.61. The molecule has 3 heterocycles. The van der Waals surface area contributed by atoms with Gasteiger partial charge in [-0.1, -0.05) is 0 Å². The summed E-state index contributed by atoms with van der Waals surface area (Å²) in [5.74, 6) is -1.36. The predicted octanol–water partition coefficient (Wildman–Crippen LogP) is -4.43. The minimum absolute atomic E-state index is 0.121. The number of carbonyl (C=O) groups excluding carboxylic acids is 3. The molecule has 9 N–H and O–H groups in total. The molecule has 0 aromatic heterocycles. The van der Waals surface area contributed by atoms with Gasteiger partial charge in [-0.2, -0.15) is 4.31 Å². The molecule has 0 spiro atoms. The molecule has 0 bridgehead atoms. The molecule has 224 valence electrons. The van der Waals surface area contributed by atoms with Crippen molar-refractivity contribution in [3.63, 3.8) is 0 Å². The minimum Gasteiger partial charge on any atom is -0.394 e. The number of hydrogen-bond acceptors (Lipinski definition) is 15. The number of carbonyl (C=O) groups is 3. The summed E-state index contributed by atoms with van der Waals surface area (Å²) in [7, 11) is -11.1. The zero-order valence-corrected chi connectivity index (χ0v) is 21.9. The topological polar surface area (TPSA) is 300 Å². The van der Waals surface area contributed by atoms with Crippen molar-refractivity contribution < 1.29 is 81.7 Å². The second kappa shape index (κ2) is 12.5. The lowest BCUT2D eigenvalue weighted by atomic mass is 9.97. The lowest BCUT2D eigenvalue weighted by molar-refractivity contribution is -0.247. The van der Waals surface area contributed by atoms with E-state index in [-0.39, 0.29) is 13.0 Å². The van der Waals surface area contributed by atoms with Crippen LogP contribution in [0.1, 0.15) is 13.3 Å². The van der Waals surface area contributed by atoms with Crippen LogP contribution in [-0.4, -0.2) is 133 Å². The SMILES string of the molecule is CC(=O)N[C@H]1[C@@H](OP(=O)(O)OP(=O)(O)OC[C@H]2O[C@@H](N3CCC(=O)NC3=O)[C@H](O)[C@@H]2O)O[C@H](CO)[C@H](O)[C@@H]1O. The van der Waals surface area contributed by atoms with Gasteiger partial charge in [0.15, 0.2) is 12.5 Å². The van der Waals surface area contributed by atoms with E-state index in [9.17, 15) is 58.8 Å². The number of ether oxygens (including phenoxy) is 2. The third-order valence-corrected chi connectivity index (χ3v) is 8.43. The third kappa shape index (κ3) is 7.78. The number of nitrogens with one attached hydrogen (secondary N) is 2. The molecule has 0 aliphatic carbocycles. The molecule has 39 heavy (non-hydrogen) atoms. The average Bonchev–Trinajstić information content (AvgIpc) is 3.10. The van der Waals surface area contributed by atoms with Gasteiger partial charge in [0.1, 0.15) is 42.7 Å². The summed E-state index contributed by atoms with van der Waals surface area (Å²) < 4.78 is 48.6. The summed E-state index contributed by atoms with van der Waals surface area (Å²) in [5, 5.41) is 54.0. The Labute approximate surface area is 219 Å². The molecular formula is C17H29N3O17P2. The molecule has 11 atom stereocenters. The van der Waals surface area contributed by atoms with Crippen molar-refractivity contribution in [1.82, 2.24) is 15.5 Å². The van der Waals surface area contributed by atoms with Crippen LogP contribution in [0.4, 0.5) is 4.79 Å². The molecule has 0 saturated carbocycles. The summed E-state index contributed by atoms with van der Waals surface area (Å²) in [6.07, 6.45) is -13.9. The molecule has 3 saturated heterocycles. The quantitative estimate of drug-likeness (QED) is 0.106. The highest BCUT2D eigenvalue weighted by Gasteiger charge is 2.51. The molecule has 20 nitrogen and oxygen atoms in total. The number of phosphoric ester groups is 2. The van der Waals surface area contributed by atoms with E-state index in [1.807, 2.05) is 5.32 Å². The number of aliphatic hydroxyl groups excluding tert-OH is 5. The van der Waals surface area contributed by atoms with E-state index in [1.165, 1.54) is 0 Å². The van der Waals surface area contributed by atoms with E-state index in [1.54, 1.807) is 0 Å². The fraction of sp³-hybridized carbons (Fsp3) is 0.824. The van der Waals surface area contributed by atoms with E-state index in [0.717, 1.165) is 11.8 Å². The van der Waals surface area contributed by atoms with Crippen molar-refractivity contribution in [1.29, 1.82) is 0 Å². The van der Waals surface area contributed by atoms with Gasteiger partial charge in [-0.15, -0.1) is 0 Å². The second-order valence-corrected chi connectivity index (χ2v) is 11.7. The molecule has 4 amide bonds. The molecule has 0 aromatic rings. The van der Waals surface area contributed by atoms with E-state index >= 15 is 0 Å². The number of imide groups is 1. The van der Waals surface area contributed by atoms with E-state index in [2.05, 4.69) is 18.7 Å². The monoisotopic (exact) mass is 609 g/mol. The molecule has 0 radical (unpaired) electrons. The van der Waals surface area contributed by atoms with Crippen molar-refractivity contribution in [3.05, 3.63) is 0 Å². The second-order valence-electron chi connectivity index (χ2n) is 8.70. The number of urea groups is 1. The fourth-order valence-corrected chi connectivity index (χ4v) is 6.14. The number of nitrogens with zero attached hydrogens (tertiary/aromatic N) is 1. The highest BCUT2D eigenvalue weighted by atomic mass is 31.3. The zero-order chi connectivity index (χ0) is 29.3. The summed E-state index contributed by atoms with van der Waals surface area (Å²) in [6, 6.07) is -2.60. The number of phosphoric acid groups is 2. The van der Waals surface area contributed by atoms with Crippen LogP contribution in [0.5, 0.6) is 0 Å². The Morgan fingerprint density at radius 2 is 1.69 bits per heavy atom. The Morgan fingerprint density at radius 1 is 1.05 bits per heavy atom. The molecule has 2 unspecified atom stereocenters. The number of hydrogen-bond donors (Lipinski definition) is 9. The number of rotatable bonds is 10. The van der Waals surface area contributed by atoms with Crippen LogP contribution in [0.25, 0.3) is 0 Å². The summed E-state index contributed by atoms with van der Waals surface area (Å²) in [5.41, 5.74) is 0. The normalized spacial score (nSPS) is 38.6. The van der Waals surface area contributed by atoms with Crippen LogP contribution < -0.4 is 10.6 Å². The molecule has 3 aliphatic heterocycles. The van der Waals surface area contributed by atoms with Gasteiger partial charge in [-0.05, 0) is 0 Å². The van der Waals surface area contributed by atoms with Crippen molar-refractivity contribution in [3.8, 4) is 0 Å². The molecule has 3 rings (SSSR count). The average molecular weight is 609 g/mol. The highest BCUT2D eigenvalue weighted by molar-refractivity contribution is 7.61. The van der Waals surface area contributed by atoms with Gasteiger partial charge in [0.25, 0.3) is 0 Å². The van der Waals surface area contributed by atoms with Crippen LogP contribution in [0.15, 0.2) is 0 Å². The lowest BCUT2D eigenvalue weighted by Gasteiger charge is -2.42. The Bertz CT molecular complexity index is 1030. The number of amides is 4. The van der Waals surface area contributed by atoms with Gasteiger partial charge in [0.05, 0.1) is 13.2 Å². The van der Waals surface area contributed by atoms with E-state index in [0.29, 0.717) is 0 Å². The summed E-state index contributed by atoms with van der Waals surface area (Å²) in [4.78, 5) is 55.6. The maximum Gasteiger partial charge on any atom is 0.483 e. The molecule has 0 aromatic carbocycles. The largest absolute Gasteiger partial charge is 0.483 e. The van der Waals surface area contributed by atoms with Gasteiger partial charge < -0.3 is 50.1 Å². The molecule has 3 fully saturated rings. The molecular weight excluding hydrogens is 580 g/mol. The van der Waals surface area contributed by atoms with Crippen molar-refractivity contribution in [2.75, 3.05) is 19.8 Å². The van der Waals surface area contributed by atoms with Crippen LogP contribution in [0.2, 0.25) is 0 Å². The Kier molecular flexibility index (Phi) is 10.2. The Morgan fingerprint density at radius 3 is 2.28 bits per heavy atom. The molecule has 3 aliphatic rings. The van der Waals surface area contributed by atoms with Gasteiger partial charge in [-0.25, -0.2) is 13.9 Å². The zero-order valence-electron chi connectivity index (χ0n) is 20.1. The smallest absolute Gasteiger partial charge is 0.394 e. The van der Waals surface area contributed by atoms with Gasteiger partial charge in [0.2, 0.25) is 11.8 Å². The van der Waals surface area contributed by atoms with Crippen LogP contribution in [0, 0.1) is 0 Å². The van der Waals surface area contributed by atoms with Gasteiger partial charge in [0, 0.05) is 19.9 Å². The Hall–Kier alpha value is -1.61. The minimum atomic E-state index is -5.62. The first-order chi connectivity index (χ1) is 18.0. The van der Waals surface area contributed by atoms with Crippen molar-refractivity contribution in [2.24, 2.45) is 0 Å². The standard InChI is InChI=1S/C17H29N3O17P2/c1-6(22)18-10-13(26)11(24)7(4-21)35-16(10)36-39(31,32)37-38(29,30)33-5-8-12(25)14(27)15(34-8)20-3-2-9(23)19-17(20)28/h7-8,10-16,21,24-27H,2-5H2,1H3,(H,18,22)(H,29,30)(H,31,32)(H,19,23,28)/t7-,8-,10-,11+,12-,13-,14-,15-,16-/m1/s1. The van der Waals surface area contributed by atoms with E-state index < -0.39 is 102 Å². The predicted molar refractivity (Wildman–Crippen MR) is 119 cm³/mol. The lowest BCUT2D eigenvalue weighted by Crippen LogP contribution is -2.64. The van der Waals surface area contributed by atoms with Crippen molar-refractivity contribution >= 4 is 33.5 Å². The first-order valence-corrected chi connectivity index (χ1v) is 14.3. The van der Waals surface area contributed by atoms with Gasteiger partial charge in [-0.3, -0.25) is 28.9 Å². The van der Waals surface area contributed by atoms with Crippen molar-refractivity contribution in [2.45, 2.75) is 68.5 Å². The fourth-order valence-electron chi connectivity index (χ4n) is 3.98. The van der Waals surface area contributed by atoms with Crippen LogP contribution in [0.3, 0.4) is 0 Å². The van der Waals surface area contributed by atoms with Crippen LogP contribution >= 0.6 is 15.6 Å². The molecule has 22 heteroatoms. The first kappa shape index (κ1) is 31.9. The maximum absolute atomic E-state index is 12.4. The summed E-state index contributed by atoms with van der Waals surface area (Å²) >= 11 is 0. The first-order valence-electron chi connectivity index (χ1n) is 11.3. The summed E-state index contributed by atoms with van der Waals surface area (Å²) in [6.45, 7) is -1.07. The van der Waals surface area contributed by atoms with E-state index in [4.69, 9.17) is 9.47 Å². The number of aliphatic hydroxyl groups is 5. The van der Waals surface area contributed by atoms with Gasteiger partial charge >= 0.3 is 21.7 Å². The Balaban J connectivity index is 1.62. The maximum atomic E-state index is 12.4.